The van der Waals surface area contributed by atoms with Crippen molar-refractivity contribution < 1.29 is 4.42 Å². The zero-order valence-corrected chi connectivity index (χ0v) is 22.4. The minimum atomic E-state index is 0.618. The van der Waals surface area contributed by atoms with Crippen LogP contribution in [0.4, 0.5) is 5.69 Å². The summed E-state index contributed by atoms with van der Waals surface area (Å²) in [5, 5.41) is 3.61. The molecule has 5 nitrogen and oxygen atoms in total. The van der Waals surface area contributed by atoms with Crippen LogP contribution in [-0.4, -0.2) is 14.5 Å². The first kappa shape index (κ1) is 24.6. The van der Waals surface area contributed by atoms with Crippen molar-refractivity contribution in [2.45, 2.75) is 13.1 Å². The van der Waals surface area contributed by atoms with E-state index >= 15 is 0 Å². The third-order valence-corrected chi connectivity index (χ3v) is 7.31. The number of oxazole rings is 1. The van der Waals surface area contributed by atoms with E-state index < -0.39 is 0 Å². The molecule has 0 saturated carbocycles. The molecular weight excluding hydrogens is 504 g/mol. The molecule has 41 heavy (non-hydrogen) atoms. The number of fused-ring (bicyclic) bond motifs is 1. The zero-order chi connectivity index (χ0) is 27.4. The van der Waals surface area contributed by atoms with E-state index in [0.717, 1.165) is 45.7 Å². The van der Waals surface area contributed by atoms with E-state index in [0.29, 0.717) is 12.4 Å². The summed E-state index contributed by atoms with van der Waals surface area (Å²) in [6, 6.07) is 43.8. The van der Waals surface area contributed by atoms with Crippen LogP contribution in [0.5, 0.6) is 0 Å². The lowest BCUT2D eigenvalue weighted by Crippen LogP contribution is -2.08. The van der Waals surface area contributed by atoms with Gasteiger partial charge in [0, 0.05) is 24.0 Å². The maximum Gasteiger partial charge on any atom is 0.227 e. The summed E-state index contributed by atoms with van der Waals surface area (Å²) in [5.74, 6) is 0.618. The van der Waals surface area contributed by atoms with E-state index in [-0.39, 0.29) is 0 Å². The standard InChI is InChI=1S/C36H28N4O/c1-3-9-27(10-4-1)28-17-15-26(16-18-28)24-40-25-37-22-31(40)23-38-30-19-20-32(33(21-30)29-11-5-2-6-12-29)36-39-34-13-7-8-14-35(34)41-36/h1-22,25,38H,23-24H2. The first-order valence-corrected chi connectivity index (χ1v) is 13.7. The Morgan fingerprint density at radius 1 is 0.659 bits per heavy atom. The third-order valence-electron chi connectivity index (χ3n) is 7.31. The smallest absolute Gasteiger partial charge is 0.227 e. The Balaban J connectivity index is 1.11. The molecule has 0 fully saturated rings. The highest BCUT2D eigenvalue weighted by atomic mass is 16.3. The molecule has 0 spiro atoms. The van der Waals surface area contributed by atoms with E-state index in [2.05, 4.69) is 106 Å². The first-order valence-electron chi connectivity index (χ1n) is 13.7. The van der Waals surface area contributed by atoms with Gasteiger partial charge in [-0.1, -0.05) is 97.1 Å². The molecule has 1 N–H and O–H groups in total. The van der Waals surface area contributed by atoms with Gasteiger partial charge in [0.05, 0.1) is 18.6 Å². The molecule has 0 radical (unpaired) electrons. The molecule has 7 rings (SSSR count). The lowest BCUT2D eigenvalue weighted by Gasteiger charge is -2.13. The maximum absolute atomic E-state index is 6.14. The second-order valence-corrected chi connectivity index (χ2v) is 10.0. The fraction of sp³-hybridized carbons (Fsp3) is 0.0556. The predicted molar refractivity (Wildman–Crippen MR) is 165 cm³/mol. The Labute approximate surface area is 238 Å². The molecule has 198 valence electrons. The molecule has 0 aliphatic rings. The van der Waals surface area contributed by atoms with Gasteiger partial charge in [-0.3, -0.25) is 0 Å². The van der Waals surface area contributed by atoms with Crippen molar-refractivity contribution in [2.24, 2.45) is 0 Å². The van der Waals surface area contributed by atoms with Crippen molar-refractivity contribution in [2.75, 3.05) is 5.32 Å². The highest BCUT2D eigenvalue weighted by Gasteiger charge is 2.15. The fourth-order valence-electron chi connectivity index (χ4n) is 5.14. The second-order valence-electron chi connectivity index (χ2n) is 10.0. The number of aromatic nitrogens is 3. The highest BCUT2D eigenvalue weighted by molar-refractivity contribution is 5.85. The first-order chi connectivity index (χ1) is 20.3. The van der Waals surface area contributed by atoms with Crippen LogP contribution in [0.15, 0.2) is 144 Å². The van der Waals surface area contributed by atoms with Crippen LogP contribution in [0, 0.1) is 0 Å². The van der Waals surface area contributed by atoms with Gasteiger partial charge in [-0.15, -0.1) is 0 Å². The van der Waals surface area contributed by atoms with Crippen molar-refractivity contribution in [3.05, 3.63) is 151 Å². The van der Waals surface area contributed by atoms with E-state index in [9.17, 15) is 0 Å². The van der Waals surface area contributed by atoms with Gasteiger partial charge < -0.3 is 14.3 Å². The van der Waals surface area contributed by atoms with E-state index in [1.807, 2.05) is 48.9 Å². The monoisotopic (exact) mass is 532 g/mol. The number of benzene rings is 5. The van der Waals surface area contributed by atoms with Crippen LogP contribution in [0.3, 0.4) is 0 Å². The summed E-state index contributed by atoms with van der Waals surface area (Å²) in [5.41, 5.74) is 10.6. The van der Waals surface area contributed by atoms with Crippen LogP contribution in [0.1, 0.15) is 11.3 Å². The minimum Gasteiger partial charge on any atom is -0.436 e. The summed E-state index contributed by atoms with van der Waals surface area (Å²) >= 11 is 0. The average molecular weight is 533 g/mol. The molecule has 0 saturated heterocycles. The van der Waals surface area contributed by atoms with Crippen molar-refractivity contribution in [1.29, 1.82) is 0 Å². The molecule has 7 aromatic rings. The SMILES string of the molecule is c1ccc(-c2ccc(Cn3cncc3CNc3ccc(-c4nc5ccccc5o4)c(-c4ccccc4)c3)cc2)cc1. The number of para-hydroxylation sites is 2. The van der Waals surface area contributed by atoms with Gasteiger partial charge in [-0.05, 0) is 58.1 Å². The van der Waals surface area contributed by atoms with Crippen molar-refractivity contribution in [1.82, 2.24) is 14.5 Å². The molecule has 2 aromatic heterocycles. The van der Waals surface area contributed by atoms with Gasteiger partial charge in [-0.25, -0.2) is 9.97 Å². The number of imidazole rings is 1. The predicted octanol–water partition coefficient (Wildman–Crippen LogP) is 8.69. The van der Waals surface area contributed by atoms with Crippen LogP contribution in [0.25, 0.3) is 44.8 Å². The lowest BCUT2D eigenvalue weighted by atomic mass is 9.98. The Bertz CT molecular complexity index is 1870. The Morgan fingerprint density at radius 2 is 1.37 bits per heavy atom. The molecule has 0 atom stereocenters. The van der Waals surface area contributed by atoms with Crippen LogP contribution < -0.4 is 5.32 Å². The van der Waals surface area contributed by atoms with Crippen LogP contribution in [0.2, 0.25) is 0 Å². The molecule has 0 bridgehead atoms. The molecule has 2 heterocycles. The van der Waals surface area contributed by atoms with Crippen LogP contribution in [-0.2, 0) is 13.1 Å². The minimum absolute atomic E-state index is 0.618. The molecular formula is C36H28N4O. The highest BCUT2D eigenvalue weighted by Crippen LogP contribution is 2.35. The van der Waals surface area contributed by atoms with Crippen molar-refractivity contribution in [3.63, 3.8) is 0 Å². The molecule has 0 amide bonds. The van der Waals surface area contributed by atoms with E-state index in [4.69, 9.17) is 9.40 Å². The molecule has 0 aliphatic carbocycles. The zero-order valence-electron chi connectivity index (χ0n) is 22.4. The number of nitrogens with one attached hydrogen (secondary N) is 1. The fourth-order valence-corrected chi connectivity index (χ4v) is 5.14. The number of hydrogen-bond acceptors (Lipinski definition) is 4. The summed E-state index contributed by atoms with van der Waals surface area (Å²) < 4.78 is 8.33. The Kier molecular flexibility index (Phi) is 6.59. The molecule has 5 heteroatoms. The number of hydrogen-bond donors (Lipinski definition) is 1. The number of rotatable bonds is 8. The second kappa shape index (κ2) is 11.0. The number of anilines is 1. The molecule has 5 aromatic carbocycles. The topological polar surface area (TPSA) is 55.9 Å². The van der Waals surface area contributed by atoms with E-state index in [1.165, 1.54) is 16.7 Å². The lowest BCUT2D eigenvalue weighted by molar-refractivity contribution is 0.620. The quantitative estimate of drug-likeness (QED) is 0.213. The average Bonchev–Trinajstić information content (AvgIpc) is 3.68. The molecule has 0 aliphatic heterocycles. The Hall–Kier alpha value is -5.42. The van der Waals surface area contributed by atoms with Crippen molar-refractivity contribution >= 4 is 16.8 Å². The third kappa shape index (κ3) is 5.25. The Morgan fingerprint density at radius 3 is 2.15 bits per heavy atom. The van der Waals surface area contributed by atoms with Gasteiger partial charge in [0.2, 0.25) is 5.89 Å². The van der Waals surface area contributed by atoms with E-state index in [1.54, 1.807) is 0 Å². The largest absolute Gasteiger partial charge is 0.436 e. The normalized spacial score (nSPS) is 11.1. The maximum atomic E-state index is 6.14. The van der Waals surface area contributed by atoms with Crippen molar-refractivity contribution in [3.8, 4) is 33.7 Å². The van der Waals surface area contributed by atoms with Crippen LogP contribution >= 0.6 is 0 Å². The summed E-state index contributed by atoms with van der Waals surface area (Å²) in [4.78, 5) is 9.20. The van der Waals surface area contributed by atoms with Gasteiger partial charge in [0.15, 0.2) is 5.58 Å². The van der Waals surface area contributed by atoms with Gasteiger partial charge in [-0.2, -0.15) is 0 Å². The van der Waals surface area contributed by atoms with Gasteiger partial charge >= 0.3 is 0 Å². The number of nitrogens with zero attached hydrogens (tertiary/aromatic N) is 3. The summed E-state index contributed by atoms with van der Waals surface area (Å²) in [6.07, 6.45) is 3.82. The summed E-state index contributed by atoms with van der Waals surface area (Å²) in [6.45, 7) is 1.41. The van der Waals surface area contributed by atoms with Gasteiger partial charge in [0.1, 0.15) is 5.52 Å². The summed E-state index contributed by atoms with van der Waals surface area (Å²) in [7, 11) is 0. The van der Waals surface area contributed by atoms with Gasteiger partial charge in [0.25, 0.3) is 0 Å². The molecule has 0 unspecified atom stereocenters.